The van der Waals surface area contributed by atoms with E-state index >= 15 is 0 Å². The van der Waals surface area contributed by atoms with E-state index in [0.29, 0.717) is 0 Å². The summed E-state index contributed by atoms with van der Waals surface area (Å²) >= 11 is 1.57. The number of aromatic nitrogens is 2. The van der Waals surface area contributed by atoms with Crippen molar-refractivity contribution in [2.24, 2.45) is 0 Å². The minimum atomic E-state index is 0.719. The molecule has 0 atom stereocenters. The maximum Gasteiger partial charge on any atom is 0.294 e. The summed E-state index contributed by atoms with van der Waals surface area (Å²) in [6.45, 7) is 3.85. The number of hydrogen-bond donors (Lipinski definition) is 1. The van der Waals surface area contributed by atoms with Crippen molar-refractivity contribution in [1.29, 1.82) is 0 Å². The summed E-state index contributed by atoms with van der Waals surface area (Å²) in [5.41, 5.74) is 0. The third-order valence-corrected chi connectivity index (χ3v) is 4.13. The third-order valence-electron chi connectivity index (χ3n) is 3.29. The molecule has 1 fully saturated rings. The highest BCUT2D eigenvalue weighted by atomic mass is 32.1. The first-order valence-corrected chi connectivity index (χ1v) is 8.38. The van der Waals surface area contributed by atoms with E-state index in [1.807, 2.05) is 0 Å². The van der Waals surface area contributed by atoms with Gasteiger partial charge in [-0.1, -0.05) is 50.4 Å². The first-order chi connectivity index (χ1) is 9.38. The number of rotatable bonds is 11. The average Bonchev–Trinajstić information content (AvgIpc) is 3.15. The van der Waals surface area contributed by atoms with Gasteiger partial charge in [0.15, 0.2) is 0 Å². The van der Waals surface area contributed by atoms with Crippen LogP contribution in [-0.4, -0.2) is 22.8 Å². The Bertz CT molecular complexity index is 352. The van der Waals surface area contributed by atoms with Crippen LogP contribution in [0.2, 0.25) is 0 Å². The van der Waals surface area contributed by atoms with Gasteiger partial charge in [-0.25, -0.2) is 0 Å². The van der Waals surface area contributed by atoms with Gasteiger partial charge in [-0.2, -0.15) is 0 Å². The molecule has 0 amide bonds. The fourth-order valence-corrected chi connectivity index (χ4v) is 2.59. The fraction of sp³-hybridized carbons (Fsp3) is 0.857. The Morgan fingerprint density at radius 1 is 1.16 bits per heavy atom. The second-order valence-electron chi connectivity index (χ2n) is 5.23. The van der Waals surface area contributed by atoms with Gasteiger partial charge in [-0.05, 0) is 19.3 Å². The minimum Gasteiger partial charge on any atom is -0.469 e. The quantitative estimate of drug-likeness (QED) is 0.631. The SMILES string of the molecule is CCCCCCCCOc1nnc(CNC2CC2)s1. The van der Waals surface area contributed by atoms with Crippen LogP contribution in [0.25, 0.3) is 0 Å². The molecule has 1 aliphatic rings. The standard InChI is InChI=1S/C14H25N3OS/c1-2-3-4-5-6-7-10-18-14-17-16-13(19-14)11-15-12-8-9-12/h12,15H,2-11H2,1H3. The highest BCUT2D eigenvalue weighted by molar-refractivity contribution is 7.13. The molecular formula is C14H25N3OS. The summed E-state index contributed by atoms with van der Waals surface area (Å²) in [7, 11) is 0. The summed E-state index contributed by atoms with van der Waals surface area (Å²) in [6, 6.07) is 0.719. The van der Waals surface area contributed by atoms with Crippen molar-refractivity contribution in [2.45, 2.75) is 70.9 Å². The number of ether oxygens (including phenoxy) is 1. The smallest absolute Gasteiger partial charge is 0.294 e. The molecule has 0 saturated heterocycles. The fourth-order valence-electron chi connectivity index (χ4n) is 1.93. The van der Waals surface area contributed by atoms with Crippen LogP contribution in [0, 0.1) is 0 Å². The highest BCUT2D eigenvalue weighted by Crippen LogP contribution is 2.22. The van der Waals surface area contributed by atoms with E-state index in [2.05, 4.69) is 22.4 Å². The van der Waals surface area contributed by atoms with Crippen LogP contribution >= 0.6 is 11.3 Å². The Kier molecular flexibility index (Phi) is 6.57. The Hall–Kier alpha value is -0.680. The molecule has 5 heteroatoms. The topological polar surface area (TPSA) is 47.0 Å². The van der Waals surface area contributed by atoms with E-state index in [9.17, 15) is 0 Å². The summed E-state index contributed by atoms with van der Waals surface area (Å²) in [5.74, 6) is 0. The number of hydrogen-bond acceptors (Lipinski definition) is 5. The van der Waals surface area contributed by atoms with E-state index < -0.39 is 0 Å². The molecule has 0 spiro atoms. The first kappa shape index (κ1) is 14.7. The zero-order valence-electron chi connectivity index (χ0n) is 11.9. The lowest BCUT2D eigenvalue weighted by molar-refractivity contribution is 0.300. The molecule has 1 heterocycles. The molecule has 0 bridgehead atoms. The van der Waals surface area contributed by atoms with Crippen LogP contribution in [0.3, 0.4) is 0 Å². The summed E-state index contributed by atoms with van der Waals surface area (Å²) < 4.78 is 5.63. The molecule has 1 aliphatic carbocycles. The zero-order valence-corrected chi connectivity index (χ0v) is 12.7. The molecule has 0 unspecified atom stereocenters. The Morgan fingerprint density at radius 2 is 1.95 bits per heavy atom. The van der Waals surface area contributed by atoms with Crippen LogP contribution in [0.4, 0.5) is 0 Å². The minimum absolute atomic E-state index is 0.719. The molecule has 108 valence electrons. The van der Waals surface area contributed by atoms with Crippen LogP contribution in [0.5, 0.6) is 5.19 Å². The largest absolute Gasteiger partial charge is 0.469 e. The van der Waals surface area contributed by atoms with Crippen molar-refractivity contribution in [2.75, 3.05) is 6.61 Å². The average molecular weight is 283 g/mol. The first-order valence-electron chi connectivity index (χ1n) is 7.57. The molecule has 1 aromatic heterocycles. The molecule has 0 radical (unpaired) electrons. The molecule has 1 N–H and O–H groups in total. The van der Waals surface area contributed by atoms with Crippen LogP contribution in [0.15, 0.2) is 0 Å². The van der Waals surface area contributed by atoms with E-state index in [0.717, 1.165) is 35.8 Å². The van der Waals surface area contributed by atoms with Crippen LogP contribution in [0.1, 0.15) is 63.3 Å². The van der Waals surface area contributed by atoms with Gasteiger partial charge >= 0.3 is 0 Å². The van der Waals surface area contributed by atoms with Crippen molar-refractivity contribution < 1.29 is 4.74 Å². The summed E-state index contributed by atoms with van der Waals surface area (Å²) in [5, 5.41) is 13.4. The normalized spacial score (nSPS) is 14.8. The second kappa shape index (κ2) is 8.48. The Morgan fingerprint density at radius 3 is 2.74 bits per heavy atom. The lowest BCUT2D eigenvalue weighted by atomic mass is 10.1. The molecule has 2 rings (SSSR count). The van der Waals surface area contributed by atoms with E-state index in [-0.39, 0.29) is 0 Å². The van der Waals surface area contributed by atoms with Gasteiger partial charge in [0.05, 0.1) is 13.2 Å². The summed E-state index contributed by atoms with van der Waals surface area (Å²) in [6.07, 6.45) is 10.3. The number of nitrogens with one attached hydrogen (secondary N) is 1. The molecular weight excluding hydrogens is 258 g/mol. The number of unbranched alkanes of at least 4 members (excludes halogenated alkanes) is 5. The maximum atomic E-state index is 5.63. The lowest BCUT2D eigenvalue weighted by Crippen LogP contribution is -2.14. The van der Waals surface area contributed by atoms with Crippen molar-refractivity contribution in [3.05, 3.63) is 5.01 Å². The van der Waals surface area contributed by atoms with Crippen LogP contribution in [-0.2, 0) is 6.54 Å². The molecule has 0 aromatic carbocycles. The zero-order chi connectivity index (χ0) is 13.3. The molecule has 19 heavy (non-hydrogen) atoms. The summed E-state index contributed by atoms with van der Waals surface area (Å²) in [4.78, 5) is 0. The lowest BCUT2D eigenvalue weighted by Gasteiger charge is -2.01. The molecule has 4 nitrogen and oxygen atoms in total. The molecule has 1 saturated carbocycles. The monoisotopic (exact) mass is 283 g/mol. The number of nitrogens with zero attached hydrogens (tertiary/aromatic N) is 2. The molecule has 0 aliphatic heterocycles. The van der Waals surface area contributed by atoms with E-state index in [4.69, 9.17) is 4.74 Å². The maximum absolute atomic E-state index is 5.63. The van der Waals surface area contributed by atoms with Gasteiger partial charge in [-0.15, -0.1) is 10.2 Å². The van der Waals surface area contributed by atoms with Crippen molar-refractivity contribution in [3.8, 4) is 5.19 Å². The predicted octanol–water partition coefficient (Wildman–Crippen LogP) is 3.53. The second-order valence-corrected chi connectivity index (χ2v) is 6.26. The van der Waals surface area contributed by atoms with Crippen molar-refractivity contribution >= 4 is 11.3 Å². The van der Waals surface area contributed by atoms with E-state index in [1.165, 1.54) is 44.9 Å². The van der Waals surface area contributed by atoms with Crippen molar-refractivity contribution in [1.82, 2.24) is 15.5 Å². The van der Waals surface area contributed by atoms with Gasteiger partial charge in [-0.3, -0.25) is 0 Å². The van der Waals surface area contributed by atoms with Crippen molar-refractivity contribution in [3.63, 3.8) is 0 Å². The van der Waals surface area contributed by atoms with E-state index in [1.54, 1.807) is 11.3 Å². The van der Waals surface area contributed by atoms with Gasteiger partial charge < -0.3 is 10.1 Å². The van der Waals surface area contributed by atoms with Crippen LogP contribution < -0.4 is 10.1 Å². The predicted molar refractivity (Wildman–Crippen MR) is 78.6 cm³/mol. The molecule has 1 aromatic rings. The van der Waals surface area contributed by atoms with Gasteiger partial charge in [0.2, 0.25) is 0 Å². The van der Waals surface area contributed by atoms with Gasteiger partial charge in [0.25, 0.3) is 5.19 Å². The Balaban J connectivity index is 1.50. The Labute approximate surface area is 120 Å². The third kappa shape index (κ3) is 6.34. The van der Waals surface area contributed by atoms with Gasteiger partial charge in [0, 0.05) is 6.04 Å². The van der Waals surface area contributed by atoms with Gasteiger partial charge in [0.1, 0.15) is 5.01 Å². The highest BCUT2D eigenvalue weighted by Gasteiger charge is 2.20.